The van der Waals surface area contributed by atoms with Gasteiger partial charge in [0.2, 0.25) is 5.91 Å². The Morgan fingerprint density at radius 3 is 2.19 bits per heavy atom. The summed E-state index contributed by atoms with van der Waals surface area (Å²) in [5.74, 6) is -0.588. The fraction of sp³-hybridized carbons (Fsp3) is 0.455. The second kappa shape index (κ2) is 11.6. The highest BCUT2D eigenvalue weighted by Crippen LogP contribution is 2.21. The topological polar surface area (TPSA) is 200 Å². The van der Waals surface area contributed by atoms with Crippen LogP contribution >= 0.6 is 23.2 Å². The standard InChI is InChI=1S/C11H12Cl2N12O/c12-9-2-1-7(10(13)22-9)21-11(26)8(5-19-25-16)20-6(3-17-23-14)4-18-24-15/h1-2,6,8,20H,3-5H2,(H,21,26)/t8-/m1/s1. The number of amides is 1. The summed E-state index contributed by atoms with van der Waals surface area (Å²) in [6.45, 7) is -0.415. The number of carbonyl (C=O) groups excluding carboxylic acids is 1. The molecule has 0 saturated carbocycles. The first-order valence-corrected chi connectivity index (χ1v) is 7.69. The van der Waals surface area contributed by atoms with E-state index in [0.29, 0.717) is 0 Å². The minimum Gasteiger partial charge on any atom is -0.322 e. The van der Waals surface area contributed by atoms with Gasteiger partial charge in [-0.2, -0.15) is 0 Å². The zero-order chi connectivity index (χ0) is 19.4. The molecule has 0 radical (unpaired) electrons. The number of anilines is 1. The highest BCUT2D eigenvalue weighted by molar-refractivity contribution is 6.34. The molecule has 13 nitrogen and oxygen atoms in total. The Balaban J connectivity index is 2.94. The van der Waals surface area contributed by atoms with E-state index >= 15 is 0 Å². The van der Waals surface area contributed by atoms with E-state index in [4.69, 9.17) is 39.8 Å². The highest BCUT2D eigenvalue weighted by atomic mass is 35.5. The summed E-state index contributed by atoms with van der Waals surface area (Å²) in [4.78, 5) is 24.1. The van der Waals surface area contributed by atoms with Gasteiger partial charge in [-0.1, -0.05) is 38.5 Å². The average Bonchev–Trinajstić information content (AvgIpc) is 2.62. The number of hydrogen-bond acceptors (Lipinski definition) is 6. The number of carbonyl (C=O) groups is 1. The second-order valence-corrected chi connectivity index (χ2v) is 5.36. The smallest absolute Gasteiger partial charge is 0.241 e. The molecule has 1 aromatic rings. The van der Waals surface area contributed by atoms with Crippen LogP contribution in [0.4, 0.5) is 5.69 Å². The predicted molar refractivity (Wildman–Crippen MR) is 95.6 cm³/mol. The van der Waals surface area contributed by atoms with Crippen molar-refractivity contribution in [1.82, 2.24) is 10.3 Å². The van der Waals surface area contributed by atoms with Gasteiger partial charge in [0.05, 0.1) is 18.3 Å². The molecule has 1 rings (SSSR count). The van der Waals surface area contributed by atoms with Crippen LogP contribution in [0.2, 0.25) is 10.3 Å². The van der Waals surface area contributed by atoms with Crippen LogP contribution in [0.15, 0.2) is 27.5 Å². The molecule has 1 atom stereocenters. The fourth-order valence-electron chi connectivity index (χ4n) is 1.77. The molecule has 15 heteroatoms. The van der Waals surface area contributed by atoms with Crippen molar-refractivity contribution >= 4 is 34.8 Å². The van der Waals surface area contributed by atoms with Gasteiger partial charge >= 0.3 is 0 Å². The van der Waals surface area contributed by atoms with Gasteiger partial charge in [0.25, 0.3) is 0 Å². The van der Waals surface area contributed by atoms with Crippen molar-refractivity contribution in [2.75, 3.05) is 25.0 Å². The molecule has 1 heterocycles. The van der Waals surface area contributed by atoms with Gasteiger partial charge in [0, 0.05) is 33.9 Å². The minimum absolute atomic E-state index is 0.0203. The van der Waals surface area contributed by atoms with Gasteiger partial charge in [-0.3, -0.25) is 4.79 Å². The average molecular weight is 399 g/mol. The van der Waals surface area contributed by atoms with Crippen LogP contribution in [0, 0.1) is 0 Å². The second-order valence-electron chi connectivity index (χ2n) is 4.62. The van der Waals surface area contributed by atoms with Crippen LogP contribution < -0.4 is 10.6 Å². The lowest BCUT2D eigenvalue weighted by molar-refractivity contribution is -0.118. The van der Waals surface area contributed by atoms with Gasteiger partial charge < -0.3 is 10.6 Å². The maximum atomic E-state index is 12.5. The maximum absolute atomic E-state index is 12.5. The summed E-state index contributed by atoms with van der Waals surface area (Å²) >= 11 is 11.6. The lowest BCUT2D eigenvalue weighted by Gasteiger charge is -2.22. The Morgan fingerprint density at radius 1 is 1.08 bits per heavy atom. The molecule has 0 aliphatic rings. The first-order valence-electron chi connectivity index (χ1n) is 6.93. The van der Waals surface area contributed by atoms with Crippen molar-refractivity contribution in [3.8, 4) is 0 Å². The summed E-state index contributed by atoms with van der Waals surface area (Å²) in [6.07, 6.45) is 0. The van der Waals surface area contributed by atoms with Gasteiger partial charge in [-0.25, -0.2) is 4.98 Å². The summed E-state index contributed by atoms with van der Waals surface area (Å²) in [5.41, 5.74) is 25.5. The first kappa shape index (κ1) is 21.1. The number of hydrogen-bond donors (Lipinski definition) is 2. The molecule has 0 aliphatic heterocycles. The molecular formula is C11H12Cl2N12O. The van der Waals surface area contributed by atoms with Crippen molar-refractivity contribution in [1.29, 1.82) is 0 Å². The van der Waals surface area contributed by atoms with E-state index in [1.165, 1.54) is 12.1 Å². The van der Waals surface area contributed by atoms with Gasteiger partial charge in [0.1, 0.15) is 5.15 Å². The molecule has 0 saturated heterocycles. The van der Waals surface area contributed by atoms with E-state index in [0.717, 1.165) is 0 Å². The van der Waals surface area contributed by atoms with Crippen molar-refractivity contribution in [2.24, 2.45) is 15.3 Å². The molecule has 1 aromatic heterocycles. The molecule has 0 aliphatic carbocycles. The van der Waals surface area contributed by atoms with Gasteiger partial charge in [-0.15, -0.1) is 0 Å². The molecule has 0 aromatic carbocycles. The molecule has 0 bridgehead atoms. The van der Waals surface area contributed by atoms with E-state index in [1.807, 2.05) is 0 Å². The van der Waals surface area contributed by atoms with Crippen molar-refractivity contribution in [3.63, 3.8) is 0 Å². The maximum Gasteiger partial charge on any atom is 0.241 e. The molecule has 136 valence electrons. The van der Waals surface area contributed by atoms with Crippen molar-refractivity contribution in [2.45, 2.75) is 12.1 Å². The third kappa shape index (κ3) is 7.32. The number of nitrogens with one attached hydrogen (secondary N) is 2. The van der Waals surface area contributed by atoms with Crippen LogP contribution in [0.5, 0.6) is 0 Å². The first-order chi connectivity index (χ1) is 12.5. The lowest BCUT2D eigenvalue weighted by Crippen LogP contribution is -2.49. The molecule has 26 heavy (non-hydrogen) atoms. The van der Waals surface area contributed by atoms with E-state index in [1.54, 1.807) is 0 Å². The Kier molecular flexibility index (Phi) is 9.44. The van der Waals surface area contributed by atoms with Crippen LogP contribution in [-0.4, -0.2) is 42.6 Å². The number of halogens is 2. The minimum atomic E-state index is -1.01. The number of aromatic nitrogens is 1. The van der Waals surface area contributed by atoms with Gasteiger partial charge in [-0.05, 0) is 28.7 Å². The number of nitrogens with zero attached hydrogens (tertiary/aromatic N) is 10. The van der Waals surface area contributed by atoms with E-state index in [2.05, 4.69) is 45.7 Å². The predicted octanol–water partition coefficient (Wildman–Crippen LogP) is 3.58. The van der Waals surface area contributed by atoms with E-state index in [-0.39, 0.29) is 35.6 Å². The molecule has 1 amide bonds. The summed E-state index contributed by atoms with van der Waals surface area (Å²) < 4.78 is 0. The van der Waals surface area contributed by atoms with Crippen LogP contribution in [0.1, 0.15) is 0 Å². The number of rotatable bonds is 10. The van der Waals surface area contributed by atoms with Crippen molar-refractivity contribution < 1.29 is 4.79 Å². The highest BCUT2D eigenvalue weighted by Gasteiger charge is 2.22. The van der Waals surface area contributed by atoms with E-state index in [9.17, 15) is 4.79 Å². The number of pyridine rings is 1. The quantitative estimate of drug-likeness (QED) is 0.262. The molecule has 0 fully saturated rings. The van der Waals surface area contributed by atoms with Crippen molar-refractivity contribution in [3.05, 3.63) is 53.8 Å². The Hall–Kier alpha value is -2.91. The lowest BCUT2D eigenvalue weighted by atomic mass is 10.2. The third-order valence-corrected chi connectivity index (χ3v) is 3.38. The summed E-state index contributed by atoms with van der Waals surface area (Å²) in [6, 6.07) is 1.23. The zero-order valence-electron chi connectivity index (χ0n) is 13.1. The Bertz CT molecular complexity index is 761. The summed E-state index contributed by atoms with van der Waals surface area (Å²) in [5, 5.41) is 15.6. The zero-order valence-corrected chi connectivity index (χ0v) is 14.6. The SMILES string of the molecule is [N-]=[N+]=NCC(CN=[N+]=[N-])N[C@H](CN=[N+]=[N-])C(=O)Nc1ccc(Cl)nc1Cl. The Morgan fingerprint density at radius 2 is 1.65 bits per heavy atom. The van der Waals surface area contributed by atoms with E-state index < -0.39 is 18.0 Å². The fourth-order valence-corrected chi connectivity index (χ4v) is 2.16. The molecule has 2 N–H and O–H groups in total. The molecular weight excluding hydrogens is 387 g/mol. The summed E-state index contributed by atoms with van der Waals surface area (Å²) in [7, 11) is 0. The van der Waals surface area contributed by atoms with Crippen LogP contribution in [-0.2, 0) is 4.79 Å². The van der Waals surface area contributed by atoms with Crippen LogP contribution in [0.3, 0.4) is 0 Å². The van der Waals surface area contributed by atoms with Gasteiger partial charge in [0.15, 0.2) is 5.15 Å². The Labute approximate surface area is 156 Å². The number of azide groups is 3. The van der Waals surface area contributed by atoms with Crippen LogP contribution in [0.25, 0.3) is 31.3 Å². The monoisotopic (exact) mass is 398 g/mol. The normalized spacial score (nSPS) is 11.9. The largest absolute Gasteiger partial charge is 0.322 e. The third-order valence-electron chi connectivity index (χ3n) is 2.88. The molecule has 0 spiro atoms. The molecule has 0 unspecified atom stereocenters.